The molecule has 4 atom stereocenters. The summed E-state index contributed by atoms with van der Waals surface area (Å²) >= 11 is 0. The van der Waals surface area contributed by atoms with Gasteiger partial charge in [-0.05, 0) is 56.3 Å². The van der Waals surface area contributed by atoms with E-state index in [2.05, 4.69) is 25.7 Å². The largest absolute Gasteiger partial charge is 0.342 e. The van der Waals surface area contributed by atoms with Crippen LogP contribution >= 0.6 is 0 Å². The molecule has 0 spiro atoms. The quantitative estimate of drug-likeness (QED) is 0.845. The Morgan fingerprint density at radius 1 is 1.15 bits per heavy atom. The van der Waals surface area contributed by atoms with E-state index in [1.54, 1.807) is 0 Å². The van der Waals surface area contributed by atoms with Crippen LogP contribution < -0.4 is 5.73 Å². The van der Waals surface area contributed by atoms with E-state index in [0.29, 0.717) is 11.8 Å². The first-order chi connectivity index (χ1) is 9.49. The third-order valence-electron chi connectivity index (χ3n) is 5.58. The number of hydrogen-bond donors (Lipinski definition) is 1. The third kappa shape index (κ3) is 3.75. The fraction of sp³-hybridized carbons (Fsp3) is 0.941. The van der Waals surface area contributed by atoms with Crippen molar-refractivity contribution in [1.29, 1.82) is 0 Å². The normalized spacial score (nSPS) is 36.0. The molecule has 0 radical (unpaired) electrons. The second kappa shape index (κ2) is 6.93. The maximum atomic E-state index is 12.8. The zero-order valence-corrected chi connectivity index (χ0v) is 13.5. The van der Waals surface area contributed by atoms with Crippen molar-refractivity contribution in [3.63, 3.8) is 0 Å². The monoisotopic (exact) mass is 280 g/mol. The molecular formula is C17H32N2O. The van der Waals surface area contributed by atoms with Crippen LogP contribution in [-0.2, 0) is 4.79 Å². The minimum atomic E-state index is 0.175. The predicted molar refractivity (Wildman–Crippen MR) is 83.2 cm³/mol. The van der Waals surface area contributed by atoms with Gasteiger partial charge in [0.1, 0.15) is 0 Å². The Balaban J connectivity index is 1.94. The second-order valence-electron chi connectivity index (χ2n) is 7.42. The number of likely N-dealkylation sites (tertiary alicyclic amines) is 1. The number of carbonyl (C=O) groups excluding carboxylic acids is 1. The molecule has 0 bridgehead atoms. The van der Waals surface area contributed by atoms with Gasteiger partial charge in [0, 0.05) is 25.0 Å². The van der Waals surface area contributed by atoms with E-state index in [1.807, 2.05) is 0 Å². The Kier molecular flexibility index (Phi) is 5.48. The number of carbonyl (C=O) groups is 1. The smallest absolute Gasteiger partial charge is 0.226 e. The van der Waals surface area contributed by atoms with Gasteiger partial charge in [0.25, 0.3) is 0 Å². The molecule has 20 heavy (non-hydrogen) atoms. The van der Waals surface area contributed by atoms with Gasteiger partial charge in [-0.3, -0.25) is 4.79 Å². The molecule has 1 saturated heterocycles. The van der Waals surface area contributed by atoms with Gasteiger partial charge < -0.3 is 10.6 Å². The lowest BCUT2D eigenvalue weighted by Crippen LogP contribution is -2.44. The van der Waals surface area contributed by atoms with Crippen LogP contribution in [0.3, 0.4) is 0 Å². The van der Waals surface area contributed by atoms with E-state index < -0.39 is 0 Å². The Bertz CT molecular complexity index is 329. The van der Waals surface area contributed by atoms with E-state index in [4.69, 9.17) is 5.73 Å². The fourth-order valence-electron chi connectivity index (χ4n) is 3.94. The Hall–Kier alpha value is -0.570. The molecule has 3 nitrogen and oxygen atoms in total. The van der Waals surface area contributed by atoms with Gasteiger partial charge in [-0.1, -0.05) is 20.8 Å². The van der Waals surface area contributed by atoms with Gasteiger partial charge in [0.2, 0.25) is 5.91 Å². The molecule has 0 aromatic carbocycles. The summed E-state index contributed by atoms with van der Waals surface area (Å²) in [6.45, 7) is 8.76. The van der Waals surface area contributed by atoms with Crippen molar-refractivity contribution in [2.45, 2.75) is 65.3 Å². The van der Waals surface area contributed by atoms with Gasteiger partial charge in [0.15, 0.2) is 0 Å². The minimum absolute atomic E-state index is 0.175. The molecule has 2 aliphatic rings. The van der Waals surface area contributed by atoms with Crippen LogP contribution in [-0.4, -0.2) is 29.9 Å². The molecule has 2 rings (SSSR count). The summed E-state index contributed by atoms with van der Waals surface area (Å²) in [6, 6.07) is 0.232. The van der Waals surface area contributed by atoms with Crippen LogP contribution in [0.4, 0.5) is 0 Å². The van der Waals surface area contributed by atoms with Crippen molar-refractivity contribution in [3.8, 4) is 0 Å². The van der Waals surface area contributed by atoms with Crippen molar-refractivity contribution in [2.75, 3.05) is 13.1 Å². The second-order valence-corrected chi connectivity index (χ2v) is 7.42. The number of nitrogens with zero attached hydrogens (tertiary/aromatic N) is 1. The molecule has 2 fully saturated rings. The van der Waals surface area contributed by atoms with Crippen LogP contribution in [0, 0.1) is 23.7 Å². The summed E-state index contributed by atoms with van der Waals surface area (Å²) in [4.78, 5) is 14.9. The zero-order chi connectivity index (χ0) is 14.7. The summed E-state index contributed by atoms with van der Waals surface area (Å²) < 4.78 is 0. The highest BCUT2D eigenvalue weighted by molar-refractivity contribution is 5.79. The first kappa shape index (κ1) is 15.8. The van der Waals surface area contributed by atoms with Crippen molar-refractivity contribution in [1.82, 2.24) is 4.90 Å². The van der Waals surface area contributed by atoms with Crippen LogP contribution in [0.15, 0.2) is 0 Å². The van der Waals surface area contributed by atoms with Crippen LogP contribution in [0.1, 0.15) is 59.3 Å². The molecule has 4 unspecified atom stereocenters. The molecule has 1 saturated carbocycles. The first-order valence-electron chi connectivity index (χ1n) is 8.53. The summed E-state index contributed by atoms with van der Waals surface area (Å²) in [5, 5.41) is 0. The Morgan fingerprint density at radius 3 is 2.60 bits per heavy atom. The Labute approximate surface area is 124 Å². The fourth-order valence-corrected chi connectivity index (χ4v) is 3.94. The van der Waals surface area contributed by atoms with Crippen molar-refractivity contribution < 1.29 is 4.79 Å². The summed E-state index contributed by atoms with van der Waals surface area (Å²) in [5.41, 5.74) is 6.08. The van der Waals surface area contributed by atoms with Crippen molar-refractivity contribution in [3.05, 3.63) is 0 Å². The lowest BCUT2D eigenvalue weighted by molar-refractivity contribution is -0.138. The number of hydrogen-bond acceptors (Lipinski definition) is 2. The molecule has 2 N–H and O–H groups in total. The molecule has 1 amide bonds. The molecule has 1 aliphatic carbocycles. The molecule has 1 heterocycles. The van der Waals surface area contributed by atoms with Crippen LogP contribution in [0.5, 0.6) is 0 Å². The van der Waals surface area contributed by atoms with E-state index in [9.17, 15) is 4.79 Å². The SMILES string of the molecule is CC(C)C1CCCN(C(=O)C2CC(N)CCC2C)CC1. The topological polar surface area (TPSA) is 46.3 Å². The minimum Gasteiger partial charge on any atom is -0.342 e. The van der Waals surface area contributed by atoms with Crippen molar-refractivity contribution in [2.24, 2.45) is 29.4 Å². The zero-order valence-electron chi connectivity index (χ0n) is 13.5. The lowest BCUT2D eigenvalue weighted by atomic mass is 9.77. The van der Waals surface area contributed by atoms with E-state index >= 15 is 0 Å². The number of nitrogens with two attached hydrogens (primary N) is 1. The van der Waals surface area contributed by atoms with Gasteiger partial charge in [-0.25, -0.2) is 0 Å². The van der Waals surface area contributed by atoms with Crippen LogP contribution in [0.2, 0.25) is 0 Å². The first-order valence-corrected chi connectivity index (χ1v) is 8.53. The maximum Gasteiger partial charge on any atom is 0.226 e. The van der Waals surface area contributed by atoms with Gasteiger partial charge in [-0.2, -0.15) is 0 Å². The molecule has 116 valence electrons. The van der Waals surface area contributed by atoms with Gasteiger partial charge in [0.05, 0.1) is 0 Å². The highest BCUT2D eigenvalue weighted by Crippen LogP contribution is 2.32. The number of amides is 1. The Morgan fingerprint density at radius 2 is 1.90 bits per heavy atom. The van der Waals surface area contributed by atoms with Gasteiger partial charge in [-0.15, -0.1) is 0 Å². The molecule has 0 aromatic heterocycles. The highest BCUT2D eigenvalue weighted by Gasteiger charge is 2.34. The van der Waals surface area contributed by atoms with Gasteiger partial charge >= 0.3 is 0 Å². The van der Waals surface area contributed by atoms with Crippen LogP contribution in [0.25, 0.3) is 0 Å². The molecule has 1 aliphatic heterocycles. The van der Waals surface area contributed by atoms with E-state index in [1.165, 1.54) is 19.3 Å². The molecular weight excluding hydrogens is 248 g/mol. The maximum absolute atomic E-state index is 12.8. The standard InChI is InChI=1S/C17H32N2O/c1-12(2)14-5-4-9-19(10-8-14)17(20)16-11-15(18)7-6-13(16)3/h12-16H,4-11,18H2,1-3H3. The summed E-state index contributed by atoms with van der Waals surface area (Å²) in [6.07, 6.45) is 6.71. The predicted octanol–water partition coefficient (Wildman–Crippen LogP) is 3.03. The number of rotatable bonds is 2. The average Bonchev–Trinajstić information content (AvgIpc) is 2.66. The lowest BCUT2D eigenvalue weighted by Gasteiger charge is -2.35. The average molecular weight is 280 g/mol. The molecule has 0 aromatic rings. The van der Waals surface area contributed by atoms with E-state index in [-0.39, 0.29) is 12.0 Å². The summed E-state index contributed by atoms with van der Waals surface area (Å²) in [7, 11) is 0. The summed E-state index contributed by atoms with van der Waals surface area (Å²) in [5.74, 6) is 2.60. The highest BCUT2D eigenvalue weighted by atomic mass is 16.2. The van der Waals surface area contributed by atoms with Crippen molar-refractivity contribution >= 4 is 5.91 Å². The van der Waals surface area contributed by atoms with E-state index in [0.717, 1.165) is 44.2 Å². The molecule has 3 heteroatoms. The third-order valence-corrected chi connectivity index (χ3v) is 5.58.